The number of rotatable bonds is 6. The van der Waals surface area contributed by atoms with Crippen LogP contribution in [0.2, 0.25) is 0 Å². The third-order valence-electron chi connectivity index (χ3n) is 7.87. The molecule has 3 aliphatic rings. The van der Waals surface area contributed by atoms with Crippen LogP contribution >= 0.6 is 0 Å². The van der Waals surface area contributed by atoms with Gasteiger partial charge in [-0.1, -0.05) is 55.0 Å². The molecule has 2 aliphatic carbocycles. The average molecular weight is 477 g/mol. The number of aliphatic carboxylic acids is 1. The molecule has 5 rings (SSSR count). The number of hydrogen-bond donors (Lipinski definition) is 2. The summed E-state index contributed by atoms with van der Waals surface area (Å²) in [7, 11) is 0. The van der Waals surface area contributed by atoms with Gasteiger partial charge in [0.2, 0.25) is 5.91 Å². The Labute approximate surface area is 205 Å². The van der Waals surface area contributed by atoms with Gasteiger partial charge in [0.05, 0.1) is 5.92 Å². The van der Waals surface area contributed by atoms with E-state index in [4.69, 9.17) is 4.74 Å². The molecule has 1 saturated carbocycles. The lowest BCUT2D eigenvalue weighted by molar-refractivity contribution is -0.145. The number of benzene rings is 2. The van der Waals surface area contributed by atoms with Gasteiger partial charge < -0.3 is 20.1 Å². The summed E-state index contributed by atoms with van der Waals surface area (Å²) in [6.07, 6.45) is 3.87. The van der Waals surface area contributed by atoms with Crippen molar-refractivity contribution < 1.29 is 24.2 Å². The Hall–Kier alpha value is -3.35. The Bertz CT molecular complexity index is 1070. The van der Waals surface area contributed by atoms with Crippen LogP contribution in [-0.4, -0.2) is 53.7 Å². The first-order valence-corrected chi connectivity index (χ1v) is 12.6. The van der Waals surface area contributed by atoms with Gasteiger partial charge in [-0.15, -0.1) is 0 Å². The van der Waals surface area contributed by atoms with Crippen molar-refractivity contribution in [3.63, 3.8) is 0 Å². The van der Waals surface area contributed by atoms with Crippen molar-refractivity contribution in [1.29, 1.82) is 0 Å². The SMILES string of the molecule is O=C(NC1CCCC1CC(=O)N1CCC[C@H](C(=O)O)C1)OCC1c2ccccc2-c2ccccc21. The molecule has 0 bridgehead atoms. The Morgan fingerprint density at radius 3 is 2.31 bits per heavy atom. The molecule has 7 heteroatoms. The highest BCUT2D eigenvalue weighted by atomic mass is 16.5. The molecule has 2 aromatic rings. The van der Waals surface area contributed by atoms with Gasteiger partial charge in [-0.25, -0.2) is 4.79 Å². The summed E-state index contributed by atoms with van der Waals surface area (Å²) in [5, 5.41) is 12.3. The number of alkyl carbamates (subject to hydrolysis) is 1. The van der Waals surface area contributed by atoms with Gasteiger partial charge in [0.25, 0.3) is 0 Å². The van der Waals surface area contributed by atoms with Crippen molar-refractivity contribution >= 4 is 18.0 Å². The summed E-state index contributed by atoms with van der Waals surface area (Å²) in [4.78, 5) is 38.6. The van der Waals surface area contributed by atoms with E-state index in [-0.39, 0.29) is 36.9 Å². The number of ether oxygens (including phenoxy) is 1. The fraction of sp³-hybridized carbons (Fsp3) is 0.464. The van der Waals surface area contributed by atoms with E-state index in [2.05, 4.69) is 29.6 Å². The lowest BCUT2D eigenvalue weighted by atomic mass is 9.95. The molecule has 2 N–H and O–H groups in total. The van der Waals surface area contributed by atoms with Gasteiger partial charge in [0, 0.05) is 31.5 Å². The topological polar surface area (TPSA) is 95.9 Å². The van der Waals surface area contributed by atoms with Crippen LogP contribution in [0.3, 0.4) is 0 Å². The maximum atomic E-state index is 12.9. The molecule has 0 spiro atoms. The summed E-state index contributed by atoms with van der Waals surface area (Å²) in [6, 6.07) is 16.4. The number of amides is 2. The number of nitrogens with one attached hydrogen (secondary N) is 1. The number of piperidine rings is 1. The minimum Gasteiger partial charge on any atom is -0.481 e. The molecule has 3 atom stereocenters. The maximum Gasteiger partial charge on any atom is 0.407 e. The molecule has 1 heterocycles. The Morgan fingerprint density at radius 2 is 1.63 bits per heavy atom. The standard InChI is InChI=1S/C28H32N2O5/c31-26(30-14-6-8-19(16-30)27(32)33)15-18-7-5-13-25(18)29-28(34)35-17-24-22-11-3-1-9-20(22)21-10-2-4-12-23(21)24/h1-4,9-12,18-19,24-25H,5-8,13-17H2,(H,29,34)(H,32,33)/t18?,19-,25?/m0/s1. The highest BCUT2D eigenvalue weighted by molar-refractivity contribution is 5.80. The molecule has 2 amide bonds. The number of fused-ring (bicyclic) bond motifs is 3. The number of nitrogens with zero attached hydrogens (tertiary/aromatic N) is 1. The highest BCUT2D eigenvalue weighted by Gasteiger charge is 2.35. The first kappa shape index (κ1) is 23.4. The first-order valence-electron chi connectivity index (χ1n) is 12.6. The van der Waals surface area contributed by atoms with Gasteiger partial charge in [-0.2, -0.15) is 0 Å². The zero-order chi connectivity index (χ0) is 24.4. The zero-order valence-corrected chi connectivity index (χ0v) is 19.8. The molecule has 7 nitrogen and oxygen atoms in total. The summed E-state index contributed by atoms with van der Waals surface area (Å²) >= 11 is 0. The van der Waals surface area contributed by atoms with Crippen LogP contribution in [0.5, 0.6) is 0 Å². The van der Waals surface area contributed by atoms with Gasteiger partial charge in [0.15, 0.2) is 0 Å². The normalized spacial score (nSPS) is 23.4. The molecule has 0 radical (unpaired) electrons. The smallest absolute Gasteiger partial charge is 0.407 e. The van der Waals surface area contributed by atoms with Crippen molar-refractivity contribution in [2.75, 3.05) is 19.7 Å². The molecular formula is C28H32N2O5. The van der Waals surface area contributed by atoms with E-state index in [9.17, 15) is 19.5 Å². The van der Waals surface area contributed by atoms with E-state index in [0.717, 1.165) is 25.7 Å². The predicted octanol–water partition coefficient (Wildman–Crippen LogP) is 4.41. The molecule has 2 fully saturated rings. The van der Waals surface area contributed by atoms with E-state index in [0.29, 0.717) is 19.4 Å². The minimum atomic E-state index is -0.835. The van der Waals surface area contributed by atoms with Gasteiger partial charge in [0.1, 0.15) is 6.61 Å². The summed E-state index contributed by atoms with van der Waals surface area (Å²) in [5.74, 6) is -1.27. The quantitative estimate of drug-likeness (QED) is 0.644. The van der Waals surface area contributed by atoms with Crippen LogP contribution in [0.15, 0.2) is 48.5 Å². The number of carboxylic acids is 1. The second kappa shape index (κ2) is 10.1. The Kier molecular flexibility index (Phi) is 6.75. The number of carbonyl (C=O) groups excluding carboxylic acids is 2. The third kappa shape index (κ3) is 4.90. The second-order valence-electron chi connectivity index (χ2n) is 9.99. The summed E-state index contributed by atoms with van der Waals surface area (Å²) in [5.41, 5.74) is 4.72. The van der Waals surface area contributed by atoms with Crippen molar-refractivity contribution in [1.82, 2.24) is 10.2 Å². The molecular weight excluding hydrogens is 444 g/mol. The predicted molar refractivity (Wildman–Crippen MR) is 131 cm³/mol. The van der Waals surface area contributed by atoms with Gasteiger partial charge >= 0.3 is 12.1 Å². The van der Waals surface area contributed by atoms with Crippen LogP contribution in [0, 0.1) is 11.8 Å². The average Bonchev–Trinajstić information content (AvgIpc) is 3.44. The lowest BCUT2D eigenvalue weighted by Crippen LogP contribution is -2.44. The van der Waals surface area contributed by atoms with Crippen LogP contribution in [-0.2, 0) is 14.3 Å². The zero-order valence-electron chi connectivity index (χ0n) is 19.8. The van der Waals surface area contributed by atoms with Crippen molar-refractivity contribution in [2.24, 2.45) is 11.8 Å². The van der Waals surface area contributed by atoms with Crippen LogP contribution in [0.4, 0.5) is 4.79 Å². The number of likely N-dealkylation sites (tertiary alicyclic amines) is 1. The van der Waals surface area contributed by atoms with Gasteiger partial charge in [-0.05, 0) is 53.9 Å². The van der Waals surface area contributed by atoms with Gasteiger partial charge in [-0.3, -0.25) is 9.59 Å². The van der Waals surface area contributed by atoms with E-state index in [1.807, 2.05) is 24.3 Å². The molecule has 184 valence electrons. The number of hydrogen-bond acceptors (Lipinski definition) is 4. The van der Waals surface area contributed by atoms with Crippen LogP contribution < -0.4 is 5.32 Å². The molecule has 0 aromatic heterocycles. The highest BCUT2D eigenvalue weighted by Crippen LogP contribution is 2.44. The number of carboxylic acid groups (broad SMARTS) is 1. The van der Waals surface area contributed by atoms with Crippen LogP contribution in [0.1, 0.15) is 55.6 Å². The Morgan fingerprint density at radius 1 is 0.943 bits per heavy atom. The first-order chi connectivity index (χ1) is 17.0. The lowest BCUT2D eigenvalue weighted by Gasteiger charge is -2.32. The fourth-order valence-corrected chi connectivity index (χ4v) is 6.02. The molecule has 2 unspecified atom stereocenters. The fourth-order valence-electron chi connectivity index (χ4n) is 6.02. The van der Waals surface area contributed by atoms with Crippen molar-refractivity contribution in [3.8, 4) is 11.1 Å². The largest absolute Gasteiger partial charge is 0.481 e. The third-order valence-corrected chi connectivity index (χ3v) is 7.87. The number of carbonyl (C=O) groups is 3. The maximum absolute atomic E-state index is 12.9. The van der Waals surface area contributed by atoms with Crippen molar-refractivity contribution in [2.45, 2.75) is 50.5 Å². The van der Waals surface area contributed by atoms with E-state index >= 15 is 0 Å². The Balaban J connectivity index is 1.16. The molecule has 2 aromatic carbocycles. The monoisotopic (exact) mass is 476 g/mol. The summed E-state index contributed by atoms with van der Waals surface area (Å²) in [6.45, 7) is 1.16. The molecule has 1 aliphatic heterocycles. The van der Waals surface area contributed by atoms with Crippen molar-refractivity contribution in [3.05, 3.63) is 59.7 Å². The minimum absolute atomic E-state index is 0.00962. The second-order valence-corrected chi connectivity index (χ2v) is 9.99. The summed E-state index contributed by atoms with van der Waals surface area (Å²) < 4.78 is 5.70. The van der Waals surface area contributed by atoms with E-state index < -0.39 is 18.0 Å². The molecule has 1 saturated heterocycles. The molecule has 35 heavy (non-hydrogen) atoms. The van der Waals surface area contributed by atoms with E-state index in [1.165, 1.54) is 22.3 Å². The van der Waals surface area contributed by atoms with Crippen LogP contribution in [0.25, 0.3) is 11.1 Å². The van der Waals surface area contributed by atoms with E-state index in [1.54, 1.807) is 4.90 Å².